The number of halogens is 1. The minimum absolute atomic E-state index is 0.00280. The van der Waals surface area contributed by atoms with Gasteiger partial charge in [-0.3, -0.25) is 14.7 Å². The summed E-state index contributed by atoms with van der Waals surface area (Å²) in [6.07, 6.45) is 3.37. The van der Waals surface area contributed by atoms with Gasteiger partial charge >= 0.3 is 0 Å². The highest BCUT2D eigenvalue weighted by Crippen LogP contribution is 2.37. The number of carbonyl (C=O) groups excluding carboxylic acids is 1. The Morgan fingerprint density at radius 3 is 2.64 bits per heavy atom. The fraction of sp³-hybridized carbons (Fsp3) is 0.562. The molecule has 0 aliphatic heterocycles. The van der Waals surface area contributed by atoms with Crippen LogP contribution < -0.4 is 5.32 Å². The highest BCUT2D eigenvalue weighted by atomic mass is 35.5. The molecule has 1 N–H and O–H groups in total. The van der Waals surface area contributed by atoms with Gasteiger partial charge in [-0.2, -0.15) is 0 Å². The van der Waals surface area contributed by atoms with Crippen molar-refractivity contribution in [2.75, 3.05) is 5.32 Å². The Morgan fingerprint density at radius 2 is 2.05 bits per heavy atom. The summed E-state index contributed by atoms with van der Waals surface area (Å²) >= 11 is 6.02. The third-order valence-electron chi connectivity index (χ3n) is 4.59. The zero-order valence-corrected chi connectivity index (χ0v) is 13.9. The molecule has 3 rings (SSSR count). The van der Waals surface area contributed by atoms with Gasteiger partial charge in [-0.05, 0) is 37.3 Å². The second-order valence-corrected chi connectivity index (χ2v) is 6.78. The largest absolute Gasteiger partial charge is 0.296 e. The first-order chi connectivity index (χ1) is 10.5. The van der Waals surface area contributed by atoms with Crippen LogP contribution in [0.2, 0.25) is 5.15 Å². The summed E-state index contributed by atoms with van der Waals surface area (Å²) in [6.45, 7) is 6.02. The maximum absolute atomic E-state index is 12.4. The predicted molar refractivity (Wildman–Crippen MR) is 88.1 cm³/mol. The Balaban J connectivity index is 1.99. The molecule has 2 aromatic heterocycles. The van der Waals surface area contributed by atoms with Crippen molar-refractivity contribution < 1.29 is 4.79 Å². The molecule has 1 amide bonds. The van der Waals surface area contributed by atoms with Gasteiger partial charge in [0, 0.05) is 12.0 Å². The smallest absolute Gasteiger partial charge is 0.229 e. The first-order valence-corrected chi connectivity index (χ1v) is 8.20. The van der Waals surface area contributed by atoms with Crippen molar-refractivity contribution in [3.8, 4) is 0 Å². The fourth-order valence-electron chi connectivity index (χ4n) is 2.56. The minimum atomic E-state index is -0.0637. The topological polar surface area (TPSA) is 59.8 Å². The normalized spacial score (nSPS) is 16.8. The molecule has 6 heteroatoms. The van der Waals surface area contributed by atoms with Gasteiger partial charge < -0.3 is 0 Å². The van der Waals surface area contributed by atoms with Gasteiger partial charge in [0.25, 0.3) is 0 Å². The minimum Gasteiger partial charge on any atom is -0.296 e. The lowest BCUT2D eigenvalue weighted by Crippen LogP contribution is -2.27. The summed E-state index contributed by atoms with van der Waals surface area (Å²) < 4.78 is 2.04. The van der Waals surface area contributed by atoms with Crippen molar-refractivity contribution in [1.29, 1.82) is 0 Å². The van der Waals surface area contributed by atoms with E-state index in [-0.39, 0.29) is 17.7 Å². The number of pyridine rings is 1. The Morgan fingerprint density at radius 1 is 1.32 bits per heavy atom. The van der Waals surface area contributed by atoms with Crippen LogP contribution in [-0.4, -0.2) is 20.4 Å². The van der Waals surface area contributed by atoms with Crippen LogP contribution in [0.4, 0.5) is 5.95 Å². The maximum Gasteiger partial charge on any atom is 0.229 e. The summed E-state index contributed by atoms with van der Waals surface area (Å²) in [5.74, 6) is 0.809. The van der Waals surface area contributed by atoms with Crippen LogP contribution in [-0.2, 0) is 4.79 Å². The van der Waals surface area contributed by atoms with E-state index in [0.29, 0.717) is 17.1 Å². The monoisotopic (exact) mass is 320 g/mol. The number of amides is 1. The van der Waals surface area contributed by atoms with Crippen LogP contribution in [0, 0.1) is 11.8 Å². The SMILES string of the molecule is CC(C)C(C)C(=O)Nc1nc2ccc(Cl)nc2n1C1CCC1. The number of aromatic nitrogens is 3. The van der Waals surface area contributed by atoms with Crippen molar-refractivity contribution in [3.05, 3.63) is 17.3 Å². The molecule has 5 nitrogen and oxygen atoms in total. The molecule has 1 aliphatic carbocycles. The Hall–Kier alpha value is -1.62. The first-order valence-electron chi connectivity index (χ1n) is 7.82. The molecule has 1 aliphatic rings. The summed E-state index contributed by atoms with van der Waals surface area (Å²) in [5, 5.41) is 3.43. The van der Waals surface area contributed by atoms with Gasteiger partial charge in [0.05, 0.1) is 0 Å². The number of fused-ring (bicyclic) bond motifs is 1. The van der Waals surface area contributed by atoms with Gasteiger partial charge in [-0.1, -0.05) is 32.4 Å². The molecule has 1 saturated carbocycles. The van der Waals surface area contributed by atoms with Crippen molar-refractivity contribution in [2.24, 2.45) is 11.8 Å². The molecule has 0 aromatic carbocycles. The van der Waals surface area contributed by atoms with Crippen molar-refractivity contribution in [1.82, 2.24) is 14.5 Å². The van der Waals surface area contributed by atoms with E-state index in [1.165, 1.54) is 6.42 Å². The highest BCUT2D eigenvalue weighted by molar-refractivity contribution is 6.29. The molecular formula is C16H21ClN4O. The van der Waals surface area contributed by atoms with Crippen molar-refractivity contribution >= 4 is 34.6 Å². The van der Waals surface area contributed by atoms with E-state index < -0.39 is 0 Å². The van der Waals surface area contributed by atoms with Crippen LogP contribution in [0.5, 0.6) is 0 Å². The number of carbonyl (C=O) groups is 1. The van der Waals surface area contributed by atoms with E-state index in [2.05, 4.69) is 15.3 Å². The lowest BCUT2D eigenvalue weighted by molar-refractivity contribution is -0.120. The van der Waals surface area contributed by atoms with Gasteiger partial charge in [0.15, 0.2) is 5.65 Å². The number of anilines is 1. The van der Waals surface area contributed by atoms with Crippen LogP contribution in [0.3, 0.4) is 0 Å². The summed E-state index contributed by atoms with van der Waals surface area (Å²) in [7, 11) is 0. The third kappa shape index (κ3) is 2.70. The number of hydrogen-bond acceptors (Lipinski definition) is 3. The number of rotatable bonds is 4. The second-order valence-electron chi connectivity index (χ2n) is 6.39. The average Bonchev–Trinajstić information content (AvgIpc) is 2.74. The zero-order valence-electron chi connectivity index (χ0n) is 13.1. The molecule has 2 heterocycles. The summed E-state index contributed by atoms with van der Waals surface area (Å²) in [4.78, 5) is 21.3. The van der Waals surface area contributed by atoms with Crippen molar-refractivity contribution in [2.45, 2.75) is 46.1 Å². The molecular weight excluding hydrogens is 300 g/mol. The Bertz CT molecular complexity index is 705. The third-order valence-corrected chi connectivity index (χ3v) is 4.80. The predicted octanol–water partition coefficient (Wildman–Crippen LogP) is 4.04. The lowest BCUT2D eigenvalue weighted by Gasteiger charge is -2.28. The molecule has 118 valence electrons. The Labute approximate surface area is 135 Å². The molecule has 0 saturated heterocycles. The number of hydrogen-bond donors (Lipinski definition) is 1. The van der Waals surface area contributed by atoms with Crippen molar-refractivity contribution in [3.63, 3.8) is 0 Å². The summed E-state index contributed by atoms with van der Waals surface area (Å²) in [5.41, 5.74) is 1.52. The van der Waals surface area contributed by atoms with E-state index in [9.17, 15) is 4.79 Å². The van der Waals surface area contributed by atoms with Crippen LogP contribution >= 0.6 is 11.6 Å². The molecule has 22 heavy (non-hydrogen) atoms. The second kappa shape index (κ2) is 5.88. The Kier molecular flexibility index (Phi) is 4.08. The van der Waals surface area contributed by atoms with E-state index in [1.807, 2.05) is 31.4 Å². The van der Waals surface area contributed by atoms with Gasteiger partial charge in [0.2, 0.25) is 11.9 Å². The van der Waals surface area contributed by atoms with E-state index in [1.54, 1.807) is 6.07 Å². The summed E-state index contributed by atoms with van der Waals surface area (Å²) in [6, 6.07) is 3.92. The molecule has 0 radical (unpaired) electrons. The first kappa shape index (κ1) is 15.3. The number of nitrogens with one attached hydrogen (secondary N) is 1. The van der Waals surface area contributed by atoms with E-state index in [0.717, 1.165) is 24.0 Å². The molecule has 1 fully saturated rings. The standard InChI is InChI=1S/C16H21ClN4O/c1-9(2)10(3)15(22)20-16-18-12-7-8-13(17)19-14(12)21(16)11-5-4-6-11/h7-11H,4-6H2,1-3H3,(H,18,20,22). The van der Waals surface area contributed by atoms with Gasteiger partial charge in [-0.25, -0.2) is 9.97 Å². The van der Waals surface area contributed by atoms with Gasteiger partial charge in [0.1, 0.15) is 10.7 Å². The quantitative estimate of drug-likeness (QED) is 0.865. The fourth-order valence-corrected chi connectivity index (χ4v) is 2.70. The number of imidazole rings is 1. The number of nitrogens with zero attached hydrogens (tertiary/aromatic N) is 3. The average molecular weight is 321 g/mol. The van der Waals surface area contributed by atoms with E-state index >= 15 is 0 Å². The highest BCUT2D eigenvalue weighted by Gasteiger charge is 2.27. The van der Waals surface area contributed by atoms with Gasteiger partial charge in [-0.15, -0.1) is 0 Å². The molecule has 2 aromatic rings. The van der Waals surface area contributed by atoms with Crippen LogP contribution in [0.1, 0.15) is 46.1 Å². The molecule has 0 spiro atoms. The molecule has 0 bridgehead atoms. The van der Waals surface area contributed by atoms with Crippen LogP contribution in [0.25, 0.3) is 11.2 Å². The lowest BCUT2D eigenvalue weighted by atomic mass is 9.93. The van der Waals surface area contributed by atoms with Crippen LogP contribution in [0.15, 0.2) is 12.1 Å². The molecule has 1 unspecified atom stereocenters. The molecule has 1 atom stereocenters. The van der Waals surface area contributed by atoms with E-state index in [4.69, 9.17) is 11.6 Å². The zero-order chi connectivity index (χ0) is 15.9. The maximum atomic E-state index is 12.4.